The molecule has 72 valence electrons. The van der Waals surface area contributed by atoms with Crippen molar-refractivity contribution < 1.29 is 0 Å². The molecule has 0 unspecified atom stereocenters. The van der Waals surface area contributed by atoms with Crippen LogP contribution in [0.3, 0.4) is 0 Å². The molecule has 0 saturated heterocycles. The average Bonchev–Trinajstić information content (AvgIpc) is 2.16. The van der Waals surface area contributed by atoms with Crippen molar-refractivity contribution in [2.24, 2.45) is 5.73 Å². The first-order valence-electron chi connectivity index (χ1n) is 4.72. The van der Waals surface area contributed by atoms with E-state index in [0.717, 1.165) is 6.54 Å². The van der Waals surface area contributed by atoms with Crippen molar-refractivity contribution in [2.75, 3.05) is 6.54 Å². The van der Waals surface area contributed by atoms with Gasteiger partial charge in [-0.1, -0.05) is 24.3 Å². The van der Waals surface area contributed by atoms with Crippen molar-refractivity contribution >= 4 is 0 Å². The molecule has 1 aromatic rings. The van der Waals surface area contributed by atoms with Crippen LogP contribution < -0.4 is 11.1 Å². The molecule has 0 bridgehead atoms. The van der Waals surface area contributed by atoms with Crippen molar-refractivity contribution in [3.05, 3.63) is 35.4 Å². The zero-order valence-electron chi connectivity index (χ0n) is 8.38. The van der Waals surface area contributed by atoms with E-state index < -0.39 is 0 Å². The van der Waals surface area contributed by atoms with Crippen LogP contribution in [0.5, 0.6) is 0 Å². The molecule has 0 aromatic heterocycles. The maximum atomic E-state index is 5.51. The fourth-order valence-electron chi connectivity index (χ4n) is 1.18. The number of benzene rings is 1. The second-order valence-corrected chi connectivity index (χ2v) is 3.44. The highest BCUT2D eigenvalue weighted by atomic mass is 14.9. The molecular weight excluding hydrogens is 160 g/mol. The van der Waals surface area contributed by atoms with E-state index in [4.69, 9.17) is 5.73 Å². The number of hydrogen-bond donors (Lipinski definition) is 2. The van der Waals surface area contributed by atoms with Gasteiger partial charge < -0.3 is 11.1 Å². The monoisotopic (exact) mass is 178 g/mol. The molecule has 0 heterocycles. The van der Waals surface area contributed by atoms with Gasteiger partial charge in [-0.05, 0) is 25.0 Å². The summed E-state index contributed by atoms with van der Waals surface area (Å²) in [5, 5.41) is 3.36. The van der Waals surface area contributed by atoms with Gasteiger partial charge in [0.2, 0.25) is 0 Å². The summed E-state index contributed by atoms with van der Waals surface area (Å²) in [5.41, 5.74) is 8.19. The Hall–Kier alpha value is -0.860. The quantitative estimate of drug-likeness (QED) is 0.732. The summed E-state index contributed by atoms with van der Waals surface area (Å²) in [5.74, 6) is 0. The van der Waals surface area contributed by atoms with Crippen LogP contribution in [0.2, 0.25) is 0 Å². The number of rotatable bonds is 4. The standard InChI is InChI=1S/C11H18N2/c1-9-5-3-4-6-11(9)8-13-10(2)7-12/h3-6,10,13H,7-8,12H2,1-2H3/t10-/m1/s1. The maximum absolute atomic E-state index is 5.51. The summed E-state index contributed by atoms with van der Waals surface area (Å²) in [4.78, 5) is 0. The summed E-state index contributed by atoms with van der Waals surface area (Å²) in [6.45, 7) is 5.82. The fraction of sp³-hybridized carbons (Fsp3) is 0.455. The van der Waals surface area contributed by atoms with Crippen LogP contribution in [-0.4, -0.2) is 12.6 Å². The van der Waals surface area contributed by atoms with E-state index in [2.05, 4.69) is 43.4 Å². The van der Waals surface area contributed by atoms with E-state index in [-0.39, 0.29) is 0 Å². The highest BCUT2D eigenvalue weighted by molar-refractivity contribution is 5.25. The second kappa shape index (κ2) is 5.00. The molecule has 1 atom stereocenters. The molecule has 0 amide bonds. The molecule has 1 aromatic carbocycles. The SMILES string of the molecule is Cc1ccccc1CN[C@H](C)CN. The molecule has 0 saturated carbocycles. The molecular formula is C11H18N2. The molecule has 3 N–H and O–H groups in total. The first-order chi connectivity index (χ1) is 6.24. The molecule has 2 nitrogen and oxygen atoms in total. The normalized spacial score (nSPS) is 12.8. The van der Waals surface area contributed by atoms with Crippen molar-refractivity contribution in [2.45, 2.75) is 26.4 Å². The Morgan fingerprint density at radius 3 is 2.69 bits per heavy atom. The van der Waals surface area contributed by atoms with Crippen LogP contribution in [0, 0.1) is 6.92 Å². The summed E-state index contributed by atoms with van der Waals surface area (Å²) in [6, 6.07) is 8.79. The molecule has 0 radical (unpaired) electrons. The van der Waals surface area contributed by atoms with Crippen LogP contribution in [-0.2, 0) is 6.54 Å². The van der Waals surface area contributed by atoms with Gasteiger partial charge >= 0.3 is 0 Å². The first-order valence-corrected chi connectivity index (χ1v) is 4.72. The average molecular weight is 178 g/mol. The predicted octanol–water partition coefficient (Wildman–Crippen LogP) is 1.43. The third-order valence-corrected chi connectivity index (χ3v) is 2.26. The topological polar surface area (TPSA) is 38.0 Å². The Morgan fingerprint density at radius 1 is 1.38 bits per heavy atom. The zero-order chi connectivity index (χ0) is 9.68. The minimum Gasteiger partial charge on any atom is -0.329 e. The number of hydrogen-bond acceptors (Lipinski definition) is 2. The van der Waals surface area contributed by atoms with Crippen LogP contribution in [0.15, 0.2) is 24.3 Å². The van der Waals surface area contributed by atoms with Crippen molar-refractivity contribution in [3.8, 4) is 0 Å². The Labute approximate surface area is 80.1 Å². The van der Waals surface area contributed by atoms with Gasteiger partial charge in [-0.25, -0.2) is 0 Å². The lowest BCUT2D eigenvalue weighted by Crippen LogP contribution is -2.32. The number of nitrogens with one attached hydrogen (secondary N) is 1. The summed E-state index contributed by atoms with van der Waals surface area (Å²) in [7, 11) is 0. The van der Waals surface area contributed by atoms with Crippen LogP contribution >= 0.6 is 0 Å². The van der Waals surface area contributed by atoms with Gasteiger partial charge in [0.25, 0.3) is 0 Å². The fourth-order valence-corrected chi connectivity index (χ4v) is 1.18. The molecule has 0 aliphatic carbocycles. The molecule has 0 aliphatic rings. The Bertz CT molecular complexity index is 258. The van der Waals surface area contributed by atoms with Gasteiger partial charge in [-0.3, -0.25) is 0 Å². The van der Waals surface area contributed by atoms with Gasteiger partial charge in [0.05, 0.1) is 0 Å². The smallest absolute Gasteiger partial charge is 0.0211 e. The number of aryl methyl sites for hydroxylation is 1. The lowest BCUT2D eigenvalue weighted by atomic mass is 10.1. The van der Waals surface area contributed by atoms with E-state index in [0.29, 0.717) is 12.6 Å². The Balaban J connectivity index is 2.50. The largest absolute Gasteiger partial charge is 0.329 e. The zero-order valence-corrected chi connectivity index (χ0v) is 8.38. The third kappa shape index (κ3) is 3.17. The van der Waals surface area contributed by atoms with Gasteiger partial charge in [0.15, 0.2) is 0 Å². The highest BCUT2D eigenvalue weighted by Gasteiger charge is 1.99. The van der Waals surface area contributed by atoms with Gasteiger partial charge in [-0.2, -0.15) is 0 Å². The summed E-state index contributed by atoms with van der Waals surface area (Å²) >= 11 is 0. The van der Waals surface area contributed by atoms with Gasteiger partial charge in [0.1, 0.15) is 0 Å². The van der Waals surface area contributed by atoms with Gasteiger partial charge in [-0.15, -0.1) is 0 Å². The molecule has 0 fully saturated rings. The molecule has 0 aliphatic heterocycles. The molecule has 0 spiro atoms. The Morgan fingerprint density at radius 2 is 2.08 bits per heavy atom. The van der Waals surface area contributed by atoms with Crippen molar-refractivity contribution in [1.82, 2.24) is 5.32 Å². The van der Waals surface area contributed by atoms with Crippen LogP contribution in [0.1, 0.15) is 18.1 Å². The minimum absolute atomic E-state index is 0.389. The Kier molecular flexibility index (Phi) is 3.93. The van der Waals surface area contributed by atoms with Gasteiger partial charge in [0, 0.05) is 19.1 Å². The van der Waals surface area contributed by atoms with E-state index in [1.54, 1.807) is 0 Å². The molecule has 2 heteroatoms. The molecule has 1 rings (SSSR count). The van der Waals surface area contributed by atoms with E-state index in [1.165, 1.54) is 11.1 Å². The highest BCUT2D eigenvalue weighted by Crippen LogP contribution is 2.06. The third-order valence-electron chi connectivity index (χ3n) is 2.26. The van der Waals surface area contributed by atoms with Crippen LogP contribution in [0.25, 0.3) is 0 Å². The van der Waals surface area contributed by atoms with E-state index >= 15 is 0 Å². The molecule has 13 heavy (non-hydrogen) atoms. The second-order valence-electron chi connectivity index (χ2n) is 3.44. The van der Waals surface area contributed by atoms with Crippen molar-refractivity contribution in [1.29, 1.82) is 0 Å². The minimum atomic E-state index is 0.389. The van der Waals surface area contributed by atoms with Crippen molar-refractivity contribution in [3.63, 3.8) is 0 Å². The number of nitrogens with two attached hydrogens (primary N) is 1. The lowest BCUT2D eigenvalue weighted by molar-refractivity contribution is 0.555. The summed E-state index contributed by atoms with van der Waals surface area (Å²) in [6.07, 6.45) is 0. The first kappa shape index (κ1) is 10.2. The lowest BCUT2D eigenvalue weighted by Gasteiger charge is -2.12. The van der Waals surface area contributed by atoms with E-state index in [1.807, 2.05) is 0 Å². The summed E-state index contributed by atoms with van der Waals surface area (Å²) < 4.78 is 0. The predicted molar refractivity (Wildman–Crippen MR) is 56.5 cm³/mol. The van der Waals surface area contributed by atoms with E-state index in [9.17, 15) is 0 Å². The van der Waals surface area contributed by atoms with Crippen LogP contribution in [0.4, 0.5) is 0 Å². The maximum Gasteiger partial charge on any atom is 0.0211 e.